The molecule has 2 unspecified atom stereocenters. The number of aliphatic hydroxyl groups is 1. The molecule has 30 heavy (non-hydrogen) atoms. The molecule has 0 radical (unpaired) electrons. The SMILES string of the molecule is CCOC(=O)N1CCC2(CC(N3CCC(C4CCCN4C(O)C(F)(F)F)CC3)C2)C1. The molecule has 1 N–H and O–H groups in total. The summed E-state index contributed by atoms with van der Waals surface area (Å²) >= 11 is 0. The van der Waals surface area contributed by atoms with Crippen molar-refractivity contribution < 1.29 is 27.8 Å². The first kappa shape index (κ1) is 22.1. The Balaban J connectivity index is 1.24. The van der Waals surface area contributed by atoms with Crippen molar-refractivity contribution >= 4 is 6.09 Å². The van der Waals surface area contributed by atoms with Crippen molar-refractivity contribution in [3.63, 3.8) is 0 Å². The maximum absolute atomic E-state index is 13.0. The number of amides is 1. The summed E-state index contributed by atoms with van der Waals surface area (Å²) in [4.78, 5) is 17.6. The second-order valence-corrected chi connectivity index (χ2v) is 9.67. The van der Waals surface area contributed by atoms with Crippen LogP contribution in [0.15, 0.2) is 0 Å². The van der Waals surface area contributed by atoms with E-state index >= 15 is 0 Å². The number of aliphatic hydroxyl groups excluding tert-OH is 1. The van der Waals surface area contributed by atoms with Crippen molar-refractivity contribution in [3.8, 4) is 0 Å². The first-order valence-corrected chi connectivity index (χ1v) is 11.4. The van der Waals surface area contributed by atoms with Gasteiger partial charge in [0.1, 0.15) is 0 Å². The van der Waals surface area contributed by atoms with E-state index in [1.165, 1.54) is 4.90 Å². The average molecular weight is 434 g/mol. The van der Waals surface area contributed by atoms with Crippen molar-refractivity contribution in [2.24, 2.45) is 11.3 Å². The minimum atomic E-state index is -4.58. The number of carbonyl (C=O) groups excluding carboxylic acids is 1. The second-order valence-electron chi connectivity index (χ2n) is 9.67. The van der Waals surface area contributed by atoms with Crippen LogP contribution in [0.25, 0.3) is 0 Å². The highest BCUT2D eigenvalue weighted by molar-refractivity contribution is 5.68. The Morgan fingerprint density at radius 3 is 2.50 bits per heavy atom. The molecule has 1 spiro atoms. The lowest BCUT2D eigenvalue weighted by atomic mass is 9.64. The number of rotatable bonds is 4. The minimum Gasteiger partial charge on any atom is -0.450 e. The lowest BCUT2D eigenvalue weighted by molar-refractivity contribution is -0.255. The molecule has 0 aromatic rings. The summed E-state index contributed by atoms with van der Waals surface area (Å²) in [6.45, 7) is 5.93. The van der Waals surface area contributed by atoms with Crippen LogP contribution in [0.3, 0.4) is 0 Å². The molecule has 6 nitrogen and oxygen atoms in total. The van der Waals surface area contributed by atoms with Gasteiger partial charge in [0.25, 0.3) is 0 Å². The summed E-state index contributed by atoms with van der Waals surface area (Å²) in [7, 11) is 0. The zero-order valence-electron chi connectivity index (χ0n) is 17.7. The summed E-state index contributed by atoms with van der Waals surface area (Å²) < 4.78 is 44.1. The fourth-order valence-electron chi connectivity index (χ4n) is 6.32. The quantitative estimate of drug-likeness (QED) is 0.739. The third-order valence-corrected chi connectivity index (χ3v) is 7.89. The van der Waals surface area contributed by atoms with Crippen LogP contribution in [0.2, 0.25) is 0 Å². The Morgan fingerprint density at radius 1 is 1.17 bits per heavy atom. The van der Waals surface area contributed by atoms with Gasteiger partial charge < -0.3 is 19.6 Å². The van der Waals surface area contributed by atoms with E-state index < -0.39 is 12.4 Å². The van der Waals surface area contributed by atoms with Gasteiger partial charge in [0, 0.05) is 31.7 Å². The van der Waals surface area contributed by atoms with Crippen molar-refractivity contribution in [1.29, 1.82) is 0 Å². The van der Waals surface area contributed by atoms with Crippen LogP contribution in [-0.2, 0) is 4.74 Å². The Kier molecular flexibility index (Phi) is 6.25. The molecule has 2 atom stereocenters. The van der Waals surface area contributed by atoms with Crippen LogP contribution >= 0.6 is 0 Å². The highest BCUT2D eigenvalue weighted by Gasteiger charge is 2.52. The number of hydrogen-bond acceptors (Lipinski definition) is 5. The van der Waals surface area contributed by atoms with Gasteiger partial charge in [0.05, 0.1) is 6.61 Å². The Bertz CT molecular complexity index is 618. The van der Waals surface area contributed by atoms with E-state index in [1.807, 2.05) is 11.8 Å². The summed E-state index contributed by atoms with van der Waals surface area (Å²) in [6.07, 6.45) is -0.651. The summed E-state index contributed by atoms with van der Waals surface area (Å²) in [6, 6.07) is 0.359. The van der Waals surface area contributed by atoms with Crippen molar-refractivity contribution in [3.05, 3.63) is 0 Å². The number of alkyl halides is 3. The number of hydrogen-bond donors (Lipinski definition) is 1. The fraction of sp³-hybridized carbons (Fsp3) is 0.952. The standard InChI is InChI=1S/C21H34F3N3O3/c1-2-30-19(29)26-11-7-20(14-26)12-16(13-20)25-9-5-15(6-10-25)17-4-3-8-27(17)18(28)21(22,23)24/h15-18,28H,2-14H2,1H3. The fourth-order valence-corrected chi connectivity index (χ4v) is 6.32. The molecule has 9 heteroatoms. The zero-order valence-corrected chi connectivity index (χ0v) is 17.7. The molecule has 4 fully saturated rings. The molecule has 4 rings (SSSR count). The average Bonchev–Trinajstić information content (AvgIpc) is 3.33. The van der Waals surface area contributed by atoms with Gasteiger partial charge in [-0.05, 0) is 76.3 Å². The number of nitrogens with zero attached hydrogens (tertiary/aromatic N) is 3. The first-order chi connectivity index (χ1) is 14.2. The van der Waals surface area contributed by atoms with E-state index in [0.29, 0.717) is 19.2 Å². The predicted molar refractivity (Wildman–Crippen MR) is 105 cm³/mol. The van der Waals surface area contributed by atoms with Gasteiger partial charge in [-0.1, -0.05) is 0 Å². The number of ether oxygens (including phenoxy) is 1. The predicted octanol–water partition coefficient (Wildman–Crippen LogP) is 3.05. The maximum Gasteiger partial charge on any atom is 0.428 e. The zero-order chi connectivity index (χ0) is 21.5. The molecule has 1 saturated carbocycles. The maximum atomic E-state index is 13.0. The van der Waals surface area contributed by atoms with Gasteiger partial charge in [-0.3, -0.25) is 4.90 Å². The molecule has 1 amide bonds. The van der Waals surface area contributed by atoms with Crippen molar-refractivity contribution in [2.45, 2.75) is 76.4 Å². The molecule has 0 aromatic heterocycles. The summed E-state index contributed by atoms with van der Waals surface area (Å²) in [5.41, 5.74) is 0.230. The largest absolute Gasteiger partial charge is 0.450 e. The number of likely N-dealkylation sites (tertiary alicyclic amines) is 3. The van der Waals surface area contributed by atoms with Crippen LogP contribution in [0.1, 0.15) is 51.9 Å². The Hall–Kier alpha value is -1.06. The van der Waals surface area contributed by atoms with Gasteiger partial charge in [0.15, 0.2) is 0 Å². The third-order valence-electron chi connectivity index (χ3n) is 7.89. The van der Waals surface area contributed by atoms with Crippen molar-refractivity contribution in [2.75, 3.05) is 39.3 Å². The molecule has 0 bridgehead atoms. The summed E-state index contributed by atoms with van der Waals surface area (Å²) in [5, 5.41) is 9.74. The molecular weight excluding hydrogens is 399 g/mol. The normalized spacial score (nSPS) is 35.0. The number of halogens is 3. The monoisotopic (exact) mass is 433 g/mol. The minimum absolute atomic E-state index is 0.163. The first-order valence-electron chi connectivity index (χ1n) is 11.4. The van der Waals surface area contributed by atoms with Crippen LogP contribution < -0.4 is 0 Å². The molecule has 3 saturated heterocycles. The van der Waals surface area contributed by atoms with Crippen LogP contribution in [0.5, 0.6) is 0 Å². The van der Waals surface area contributed by atoms with E-state index in [2.05, 4.69) is 4.90 Å². The van der Waals surface area contributed by atoms with Crippen molar-refractivity contribution in [1.82, 2.24) is 14.7 Å². The van der Waals surface area contributed by atoms with E-state index in [-0.39, 0.29) is 23.5 Å². The molecule has 0 aromatic carbocycles. The van der Waals surface area contributed by atoms with Gasteiger partial charge >= 0.3 is 12.3 Å². The Morgan fingerprint density at radius 2 is 1.87 bits per heavy atom. The second kappa shape index (κ2) is 8.47. The lowest BCUT2D eigenvalue weighted by Crippen LogP contribution is -2.56. The van der Waals surface area contributed by atoms with E-state index in [0.717, 1.165) is 71.1 Å². The number of piperidine rings is 1. The van der Waals surface area contributed by atoms with E-state index in [4.69, 9.17) is 4.74 Å². The molecule has 3 aliphatic heterocycles. The lowest BCUT2D eigenvalue weighted by Gasteiger charge is -2.52. The topological polar surface area (TPSA) is 56.2 Å². The molecule has 3 heterocycles. The van der Waals surface area contributed by atoms with Gasteiger partial charge in [-0.25, -0.2) is 4.79 Å². The van der Waals surface area contributed by atoms with Crippen LogP contribution in [-0.4, -0.2) is 89.7 Å². The van der Waals surface area contributed by atoms with Crippen LogP contribution in [0, 0.1) is 11.3 Å². The Labute approximate surface area is 176 Å². The third kappa shape index (κ3) is 4.30. The van der Waals surface area contributed by atoms with Gasteiger partial charge in [-0.2, -0.15) is 13.2 Å². The van der Waals surface area contributed by atoms with E-state index in [1.54, 1.807) is 0 Å². The molecule has 4 aliphatic rings. The number of carbonyl (C=O) groups is 1. The smallest absolute Gasteiger partial charge is 0.428 e. The molecule has 1 aliphatic carbocycles. The van der Waals surface area contributed by atoms with Crippen LogP contribution in [0.4, 0.5) is 18.0 Å². The summed E-state index contributed by atoms with van der Waals surface area (Å²) in [5.74, 6) is 0.223. The van der Waals surface area contributed by atoms with Gasteiger partial charge in [0.2, 0.25) is 6.23 Å². The molecular formula is C21H34F3N3O3. The van der Waals surface area contributed by atoms with Gasteiger partial charge in [-0.15, -0.1) is 0 Å². The van der Waals surface area contributed by atoms with E-state index in [9.17, 15) is 23.1 Å². The highest BCUT2D eigenvalue weighted by Crippen LogP contribution is 2.51. The highest BCUT2D eigenvalue weighted by atomic mass is 19.4. The molecule has 172 valence electrons.